The molecule has 3 aromatic rings. The maximum atomic E-state index is 12.3. The Labute approximate surface area is 147 Å². The number of fused-ring (bicyclic) bond motifs is 1. The van der Waals surface area contributed by atoms with Gasteiger partial charge >= 0.3 is 5.91 Å². The molecule has 0 fully saturated rings. The van der Waals surface area contributed by atoms with Gasteiger partial charge in [-0.25, -0.2) is 0 Å². The molecule has 0 aliphatic heterocycles. The summed E-state index contributed by atoms with van der Waals surface area (Å²) in [5, 5.41) is 0.847. The van der Waals surface area contributed by atoms with Crippen molar-refractivity contribution in [2.75, 3.05) is 0 Å². The van der Waals surface area contributed by atoms with Crippen LogP contribution in [0.1, 0.15) is 32.0 Å². The van der Waals surface area contributed by atoms with Crippen LogP contribution in [0.2, 0.25) is 0 Å². The molecule has 1 heterocycles. The molecule has 0 bridgehead atoms. The number of halogens is 1. The number of furan rings is 1. The largest absolute Gasteiger partial charge is 0.451 e. The fraction of sp³-hybridized carbons (Fsp3) is 0.111. The van der Waals surface area contributed by atoms with Gasteiger partial charge in [0.1, 0.15) is 5.58 Å². The van der Waals surface area contributed by atoms with Gasteiger partial charge in [0, 0.05) is 21.0 Å². The maximum absolute atomic E-state index is 12.3. The second-order valence-corrected chi connectivity index (χ2v) is 6.39. The van der Waals surface area contributed by atoms with Gasteiger partial charge in [-0.05, 0) is 44.2 Å². The van der Waals surface area contributed by atoms with Gasteiger partial charge in [-0.1, -0.05) is 33.6 Å². The first kappa shape index (κ1) is 16.3. The van der Waals surface area contributed by atoms with Crippen molar-refractivity contribution < 1.29 is 14.0 Å². The lowest BCUT2D eigenvalue weighted by molar-refractivity contribution is 0.0831. The summed E-state index contributed by atoms with van der Waals surface area (Å²) in [6.07, 6.45) is 0. The third-order valence-corrected chi connectivity index (χ3v) is 4.20. The number of hydrazine groups is 1. The number of benzene rings is 2. The average molecular weight is 387 g/mol. The van der Waals surface area contributed by atoms with Crippen molar-refractivity contribution in [3.63, 3.8) is 0 Å². The van der Waals surface area contributed by atoms with Crippen LogP contribution >= 0.6 is 15.9 Å². The average Bonchev–Trinajstić information content (AvgIpc) is 2.89. The molecule has 6 heteroatoms. The molecule has 0 saturated heterocycles. The lowest BCUT2D eigenvalue weighted by atomic mass is 10.1. The molecule has 0 atom stereocenters. The molecule has 1 aromatic heterocycles. The SMILES string of the molecule is Cc1ccc(C(=O)NNC(=O)c2oc3ccc(Br)cc3c2C)cc1. The minimum Gasteiger partial charge on any atom is -0.451 e. The summed E-state index contributed by atoms with van der Waals surface area (Å²) in [5.41, 5.74) is 7.63. The number of nitrogens with one attached hydrogen (secondary N) is 2. The monoisotopic (exact) mass is 386 g/mol. The molecule has 0 spiro atoms. The van der Waals surface area contributed by atoms with E-state index in [1.54, 1.807) is 25.1 Å². The van der Waals surface area contributed by atoms with Crippen molar-refractivity contribution in [2.45, 2.75) is 13.8 Å². The highest BCUT2D eigenvalue weighted by Crippen LogP contribution is 2.27. The normalized spacial score (nSPS) is 10.6. The predicted molar refractivity (Wildman–Crippen MR) is 94.8 cm³/mol. The molecular weight excluding hydrogens is 372 g/mol. The molecule has 0 radical (unpaired) electrons. The van der Waals surface area contributed by atoms with Gasteiger partial charge in [-0.3, -0.25) is 20.4 Å². The van der Waals surface area contributed by atoms with Crippen molar-refractivity contribution in [1.29, 1.82) is 0 Å². The molecule has 2 N–H and O–H groups in total. The Morgan fingerprint density at radius 2 is 1.62 bits per heavy atom. The van der Waals surface area contributed by atoms with Crippen molar-refractivity contribution in [3.05, 3.63) is 69.4 Å². The highest BCUT2D eigenvalue weighted by Gasteiger charge is 2.18. The lowest BCUT2D eigenvalue weighted by Gasteiger charge is -2.06. The molecular formula is C18H15BrN2O3. The summed E-state index contributed by atoms with van der Waals surface area (Å²) in [4.78, 5) is 24.3. The summed E-state index contributed by atoms with van der Waals surface area (Å²) in [6, 6.07) is 12.6. The summed E-state index contributed by atoms with van der Waals surface area (Å²) in [6.45, 7) is 3.74. The molecule has 0 unspecified atom stereocenters. The van der Waals surface area contributed by atoms with E-state index >= 15 is 0 Å². The zero-order chi connectivity index (χ0) is 17.3. The summed E-state index contributed by atoms with van der Waals surface area (Å²) < 4.78 is 6.49. The third-order valence-electron chi connectivity index (χ3n) is 3.71. The van der Waals surface area contributed by atoms with E-state index in [9.17, 15) is 9.59 Å². The first-order chi connectivity index (χ1) is 11.5. The van der Waals surface area contributed by atoms with Crippen LogP contribution in [-0.4, -0.2) is 11.8 Å². The lowest BCUT2D eigenvalue weighted by Crippen LogP contribution is -2.41. The number of rotatable bonds is 2. The van der Waals surface area contributed by atoms with E-state index in [-0.39, 0.29) is 11.7 Å². The number of aryl methyl sites for hydroxylation is 2. The van der Waals surface area contributed by atoms with Crippen LogP contribution in [-0.2, 0) is 0 Å². The van der Waals surface area contributed by atoms with E-state index in [0.29, 0.717) is 16.7 Å². The molecule has 3 rings (SSSR count). The van der Waals surface area contributed by atoms with Crippen LogP contribution in [0.3, 0.4) is 0 Å². The first-order valence-electron chi connectivity index (χ1n) is 7.31. The number of carbonyl (C=O) groups excluding carboxylic acids is 2. The van der Waals surface area contributed by atoms with E-state index < -0.39 is 5.91 Å². The predicted octanol–water partition coefficient (Wildman–Crippen LogP) is 3.89. The Hall–Kier alpha value is -2.60. The van der Waals surface area contributed by atoms with Gasteiger partial charge in [0.15, 0.2) is 5.76 Å². The minimum atomic E-state index is -0.500. The van der Waals surface area contributed by atoms with Gasteiger partial charge in [-0.15, -0.1) is 0 Å². The van der Waals surface area contributed by atoms with Crippen LogP contribution in [0, 0.1) is 13.8 Å². The van der Waals surface area contributed by atoms with E-state index in [1.807, 2.05) is 31.2 Å². The Balaban J connectivity index is 1.74. The quantitative estimate of drug-likeness (QED) is 0.656. The second kappa shape index (κ2) is 6.49. The van der Waals surface area contributed by atoms with Crippen LogP contribution in [0.4, 0.5) is 0 Å². The van der Waals surface area contributed by atoms with Gasteiger partial charge in [-0.2, -0.15) is 0 Å². The Bertz CT molecular complexity index is 929. The molecule has 2 aromatic carbocycles. The molecule has 2 amide bonds. The standard InChI is InChI=1S/C18H15BrN2O3/c1-10-3-5-12(6-4-10)17(22)20-21-18(23)16-11(2)14-9-13(19)7-8-15(14)24-16/h3-9H,1-2H3,(H,20,22)(H,21,23). The maximum Gasteiger partial charge on any atom is 0.305 e. The number of hydrogen-bond donors (Lipinski definition) is 2. The number of carbonyl (C=O) groups is 2. The van der Waals surface area contributed by atoms with Gasteiger partial charge < -0.3 is 4.42 Å². The third kappa shape index (κ3) is 3.19. The van der Waals surface area contributed by atoms with E-state index in [4.69, 9.17) is 4.42 Å². The Morgan fingerprint density at radius 3 is 2.33 bits per heavy atom. The number of hydrogen-bond acceptors (Lipinski definition) is 3. The molecule has 0 aliphatic rings. The second-order valence-electron chi connectivity index (χ2n) is 5.47. The molecule has 5 nitrogen and oxygen atoms in total. The molecule has 0 aliphatic carbocycles. The topological polar surface area (TPSA) is 71.3 Å². The van der Waals surface area contributed by atoms with E-state index in [2.05, 4.69) is 26.8 Å². The summed E-state index contributed by atoms with van der Waals surface area (Å²) in [5.74, 6) is -0.715. The van der Waals surface area contributed by atoms with Crippen LogP contribution < -0.4 is 10.9 Å². The Morgan fingerprint density at radius 1 is 0.958 bits per heavy atom. The van der Waals surface area contributed by atoms with Crippen molar-refractivity contribution in [1.82, 2.24) is 10.9 Å². The van der Waals surface area contributed by atoms with Crippen molar-refractivity contribution in [3.8, 4) is 0 Å². The van der Waals surface area contributed by atoms with E-state index in [0.717, 1.165) is 15.4 Å². The smallest absolute Gasteiger partial charge is 0.305 e. The first-order valence-corrected chi connectivity index (χ1v) is 8.11. The van der Waals surface area contributed by atoms with Crippen molar-refractivity contribution in [2.24, 2.45) is 0 Å². The molecule has 24 heavy (non-hydrogen) atoms. The van der Waals surface area contributed by atoms with Gasteiger partial charge in [0.2, 0.25) is 0 Å². The molecule has 122 valence electrons. The summed E-state index contributed by atoms with van der Waals surface area (Å²) >= 11 is 3.39. The van der Waals surface area contributed by atoms with Gasteiger partial charge in [0.25, 0.3) is 5.91 Å². The van der Waals surface area contributed by atoms with Crippen molar-refractivity contribution >= 4 is 38.7 Å². The Kier molecular flexibility index (Phi) is 4.40. The fourth-order valence-corrected chi connectivity index (χ4v) is 2.72. The van der Waals surface area contributed by atoms with E-state index in [1.165, 1.54) is 0 Å². The van der Waals surface area contributed by atoms with Crippen LogP contribution in [0.5, 0.6) is 0 Å². The highest BCUT2D eigenvalue weighted by atomic mass is 79.9. The highest BCUT2D eigenvalue weighted by molar-refractivity contribution is 9.10. The van der Waals surface area contributed by atoms with Crippen LogP contribution in [0.25, 0.3) is 11.0 Å². The van der Waals surface area contributed by atoms with Crippen LogP contribution in [0.15, 0.2) is 51.4 Å². The fourth-order valence-electron chi connectivity index (χ4n) is 2.36. The minimum absolute atomic E-state index is 0.173. The zero-order valence-electron chi connectivity index (χ0n) is 13.1. The summed E-state index contributed by atoms with van der Waals surface area (Å²) in [7, 11) is 0. The number of amides is 2. The molecule has 0 saturated carbocycles. The zero-order valence-corrected chi connectivity index (χ0v) is 14.7. The van der Waals surface area contributed by atoms with Gasteiger partial charge in [0.05, 0.1) is 0 Å².